The smallest absolute Gasteiger partial charge is 0.365 e. The first-order chi connectivity index (χ1) is 15.6. The second-order valence-corrected chi connectivity index (χ2v) is 9.63. The van der Waals surface area contributed by atoms with Gasteiger partial charge in [0.25, 0.3) is 5.91 Å². The number of anilines is 2. The number of amides is 1. The number of nitrogens with one attached hydrogen (secondary N) is 2. The SMILES string of the molecule is Cc1c(C(F)(F)F)cnc(N2CCO[C@H](C(F)(F)F)C2)c1C(=O)Nc1ccnc([S@](C)(=N)=O)c1. The number of hydrogen-bond acceptors (Lipinski definition) is 7. The average molecular weight is 511 g/mol. The Labute approximate surface area is 190 Å². The largest absolute Gasteiger partial charge is 0.418 e. The Bertz CT molecular complexity index is 1200. The Hall–Kier alpha value is -2.94. The molecule has 34 heavy (non-hydrogen) atoms. The van der Waals surface area contributed by atoms with E-state index in [1.807, 2.05) is 0 Å². The van der Waals surface area contributed by atoms with Gasteiger partial charge in [-0.05, 0) is 24.6 Å². The van der Waals surface area contributed by atoms with E-state index in [0.717, 1.165) is 30.3 Å². The summed E-state index contributed by atoms with van der Waals surface area (Å²) in [5.74, 6) is -1.44. The molecule has 2 aromatic rings. The molecule has 1 fully saturated rings. The van der Waals surface area contributed by atoms with E-state index in [0.29, 0.717) is 6.20 Å². The maximum Gasteiger partial charge on any atom is 0.418 e. The number of nitrogens with zero attached hydrogens (tertiary/aromatic N) is 3. The minimum atomic E-state index is -4.87. The van der Waals surface area contributed by atoms with Gasteiger partial charge < -0.3 is 15.0 Å². The second-order valence-electron chi connectivity index (χ2n) is 7.52. The van der Waals surface area contributed by atoms with Crippen molar-refractivity contribution < 1.29 is 40.1 Å². The van der Waals surface area contributed by atoms with Crippen LogP contribution in [0.15, 0.2) is 29.6 Å². The van der Waals surface area contributed by atoms with Crippen LogP contribution in [0.2, 0.25) is 0 Å². The van der Waals surface area contributed by atoms with Crippen LogP contribution in [0.5, 0.6) is 0 Å². The minimum absolute atomic E-state index is 0.0188. The quantitative estimate of drug-likeness (QED) is 0.604. The predicted octanol–water partition coefficient (Wildman–Crippen LogP) is 3.86. The van der Waals surface area contributed by atoms with Crippen molar-refractivity contribution in [3.8, 4) is 0 Å². The zero-order chi connectivity index (χ0) is 25.5. The predicted molar refractivity (Wildman–Crippen MR) is 109 cm³/mol. The van der Waals surface area contributed by atoms with Gasteiger partial charge in [-0.25, -0.2) is 19.0 Å². The molecule has 1 aliphatic heterocycles. The van der Waals surface area contributed by atoms with E-state index in [2.05, 4.69) is 15.3 Å². The molecule has 0 bridgehead atoms. The molecule has 0 saturated carbocycles. The summed E-state index contributed by atoms with van der Waals surface area (Å²) >= 11 is 0. The van der Waals surface area contributed by atoms with Gasteiger partial charge in [0.05, 0.1) is 34.0 Å². The molecule has 0 spiro atoms. The van der Waals surface area contributed by atoms with E-state index in [4.69, 9.17) is 9.52 Å². The lowest BCUT2D eigenvalue weighted by Crippen LogP contribution is -2.50. The van der Waals surface area contributed by atoms with E-state index in [1.165, 1.54) is 6.07 Å². The summed E-state index contributed by atoms with van der Waals surface area (Å²) in [6.07, 6.45) is -9.09. The van der Waals surface area contributed by atoms with Gasteiger partial charge in [-0.1, -0.05) is 0 Å². The van der Waals surface area contributed by atoms with Crippen molar-refractivity contribution >= 4 is 27.1 Å². The maximum atomic E-state index is 13.5. The molecular weight excluding hydrogens is 492 g/mol. The molecule has 1 amide bonds. The summed E-state index contributed by atoms with van der Waals surface area (Å²) in [5, 5.41) is 2.16. The van der Waals surface area contributed by atoms with Crippen LogP contribution in [-0.4, -0.2) is 58.3 Å². The standard InChI is InChI=1S/C19H19F6N5O3S/c1-10-12(18(20,21)22)8-28-16(30-5-6-33-13(9-30)19(23,24)25)15(10)17(31)29-11-3-4-27-14(7-11)34(2,26)32/h3-4,7-8,13,26H,5-6,9H2,1-2H3,(H,27,29,31)/t13-,34+/m0/s1. The second kappa shape index (κ2) is 9.02. The van der Waals surface area contributed by atoms with Gasteiger partial charge >= 0.3 is 12.4 Å². The molecule has 0 aromatic carbocycles. The first-order valence-electron chi connectivity index (χ1n) is 9.60. The van der Waals surface area contributed by atoms with Crippen LogP contribution in [0.1, 0.15) is 21.5 Å². The van der Waals surface area contributed by atoms with Gasteiger partial charge in [-0.2, -0.15) is 26.3 Å². The third-order valence-electron chi connectivity index (χ3n) is 4.97. The third-order valence-corrected chi connectivity index (χ3v) is 6.00. The van der Waals surface area contributed by atoms with E-state index >= 15 is 0 Å². The van der Waals surface area contributed by atoms with Crippen molar-refractivity contribution in [3.05, 3.63) is 41.2 Å². The summed E-state index contributed by atoms with van der Waals surface area (Å²) in [7, 11) is -3.26. The number of alkyl halides is 6. The molecule has 2 aromatic heterocycles. The molecule has 8 nitrogen and oxygen atoms in total. The number of ether oxygens (including phenoxy) is 1. The number of hydrogen-bond donors (Lipinski definition) is 2. The van der Waals surface area contributed by atoms with Crippen LogP contribution in [0.25, 0.3) is 0 Å². The zero-order valence-electron chi connectivity index (χ0n) is 17.8. The van der Waals surface area contributed by atoms with Crippen LogP contribution in [0.4, 0.5) is 37.8 Å². The highest BCUT2D eigenvalue weighted by molar-refractivity contribution is 7.91. The summed E-state index contributed by atoms with van der Waals surface area (Å²) in [6.45, 7) is -0.265. The number of pyridine rings is 2. The van der Waals surface area contributed by atoms with E-state index in [-0.39, 0.29) is 29.7 Å². The van der Waals surface area contributed by atoms with Crippen molar-refractivity contribution in [1.82, 2.24) is 9.97 Å². The molecule has 1 aliphatic rings. The van der Waals surface area contributed by atoms with Crippen molar-refractivity contribution in [2.24, 2.45) is 0 Å². The molecular formula is C19H19F6N5O3S. The molecule has 0 aliphatic carbocycles. The molecule has 3 heterocycles. The highest BCUT2D eigenvalue weighted by Crippen LogP contribution is 2.37. The van der Waals surface area contributed by atoms with E-state index < -0.39 is 57.3 Å². The van der Waals surface area contributed by atoms with Crippen LogP contribution < -0.4 is 10.2 Å². The van der Waals surface area contributed by atoms with Crippen LogP contribution in [0, 0.1) is 11.7 Å². The molecule has 2 N–H and O–H groups in total. The maximum absolute atomic E-state index is 13.5. The zero-order valence-corrected chi connectivity index (χ0v) is 18.6. The average Bonchev–Trinajstić information content (AvgIpc) is 2.71. The fourth-order valence-electron chi connectivity index (χ4n) is 3.32. The monoisotopic (exact) mass is 511 g/mol. The van der Waals surface area contributed by atoms with Crippen molar-refractivity contribution in [3.63, 3.8) is 0 Å². The Morgan fingerprint density at radius 1 is 1.26 bits per heavy atom. The number of morpholine rings is 1. The highest BCUT2D eigenvalue weighted by atomic mass is 32.2. The first-order valence-corrected chi connectivity index (χ1v) is 11.6. The van der Waals surface area contributed by atoms with Gasteiger partial charge in [0.2, 0.25) is 0 Å². The number of carbonyl (C=O) groups is 1. The summed E-state index contributed by atoms with van der Waals surface area (Å²) < 4.78 is 104. The normalized spacial score (nSPS) is 18.9. The van der Waals surface area contributed by atoms with Gasteiger partial charge in [-0.3, -0.25) is 4.79 Å². The number of halogens is 6. The number of aromatic nitrogens is 2. The van der Waals surface area contributed by atoms with Crippen LogP contribution >= 0.6 is 0 Å². The fourth-order valence-corrected chi connectivity index (χ4v) is 3.93. The van der Waals surface area contributed by atoms with Gasteiger partial charge in [0.15, 0.2) is 6.10 Å². The fraction of sp³-hybridized carbons (Fsp3) is 0.421. The number of rotatable bonds is 4. The van der Waals surface area contributed by atoms with Crippen molar-refractivity contribution in [2.45, 2.75) is 30.4 Å². The summed E-state index contributed by atoms with van der Waals surface area (Å²) in [4.78, 5) is 21.6. The van der Waals surface area contributed by atoms with Crippen molar-refractivity contribution in [1.29, 1.82) is 4.78 Å². The van der Waals surface area contributed by atoms with E-state index in [9.17, 15) is 35.3 Å². The first kappa shape index (κ1) is 25.7. The highest BCUT2D eigenvalue weighted by Gasteiger charge is 2.44. The Balaban J connectivity index is 2.06. The van der Waals surface area contributed by atoms with Gasteiger partial charge in [0.1, 0.15) is 10.8 Å². The molecule has 2 atom stereocenters. The summed E-state index contributed by atoms with van der Waals surface area (Å²) in [5.41, 5.74) is -2.34. The molecule has 3 rings (SSSR count). The van der Waals surface area contributed by atoms with Gasteiger partial charge in [-0.15, -0.1) is 0 Å². The van der Waals surface area contributed by atoms with Crippen molar-refractivity contribution in [2.75, 3.05) is 36.2 Å². The van der Waals surface area contributed by atoms with Crippen LogP contribution in [-0.2, 0) is 20.6 Å². The molecule has 0 radical (unpaired) electrons. The van der Waals surface area contributed by atoms with Gasteiger partial charge in [0, 0.05) is 30.9 Å². The Morgan fingerprint density at radius 3 is 2.53 bits per heavy atom. The summed E-state index contributed by atoms with van der Waals surface area (Å²) in [6, 6.07) is 2.38. The topological polar surface area (TPSA) is 108 Å². The number of carbonyl (C=O) groups excluding carboxylic acids is 1. The Morgan fingerprint density at radius 2 is 1.94 bits per heavy atom. The molecule has 1 saturated heterocycles. The van der Waals surface area contributed by atoms with E-state index in [1.54, 1.807) is 0 Å². The minimum Gasteiger partial charge on any atom is -0.365 e. The van der Waals surface area contributed by atoms with Crippen LogP contribution in [0.3, 0.4) is 0 Å². The lowest BCUT2D eigenvalue weighted by atomic mass is 10.0. The third kappa shape index (κ3) is 5.58. The lowest BCUT2D eigenvalue weighted by Gasteiger charge is -2.35. The Kier molecular flexibility index (Phi) is 6.81. The molecule has 0 unspecified atom stereocenters. The molecule has 15 heteroatoms. The molecule has 186 valence electrons. The lowest BCUT2D eigenvalue weighted by molar-refractivity contribution is -0.221.